The molecule has 1 aliphatic carbocycles. The SMILES string of the molecule is CCCc1ccc(S(=O)(=O)N[C@@H]2c3cc(N)ccc3CC[C@H]2O)cc1. The molecule has 0 radical (unpaired) electrons. The molecule has 0 aromatic heterocycles. The Balaban J connectivity index is 1.89. The van der Waals surface area contributed by atoms with Gasteiger partial charge in [0.25, 0.3) is 0 Å². The van der Waals surface area contributed by atoms with Gasteiger partial charge in [-0.15, -0.1) is 0 Å². The number of sulfonamides is 1. The van der Waals surface area contributed by atoms with Crippen molar-refractivity contribution in [1.29, 1.82) is 0 Å². The number of aryl methyl sites for hydroxylation is 2. The number of nitrogen functional groups attached to an aromatic ring is 1. The maximum absolute atomic E-state index is 12.8. The van der Waals surface area contributed by atoms with Crippen LogP contribution in [0, 0.1) is 0 Å². The summed E-state index contributed by atoms with van der Waals surface area (Å²) in [6.45, 7) is 2.08. The van der Waals surface area contributed by atoms with Crippen LogP contribution >= 0.6 is 0 Å². The monoisotopic (exact) mass is 360 g/mol. The topological polar surface area (TPSA) is 92.4 Å². The summed E-state index contributed by atoms with van der Waals surface area (Å²) >= 11 is 0. The van der Waals surface area contributed by atoms with E-state index in [2.05, 4.69) is 11.6 Å². The largest absolute Gasteiger partial charge is 0.399 e. The highest BCUT2D eigenvalue weighted by Gasteiger charge is 2.32. The molecule has 134 valence electrons. The number of fused-ring (bicyclic) bond motifs is 1. The number of hydrogen-bond donors (Lipinski definition) is 3. The van der Waals surface area contributed by atoms with Gasteiger partial charge in [0.1, 0.15) is 0 Å². The van der Waals surface area contributed by atoms with Crippen LogP contribution in [0.5, 0.6) is 0 Å². The van der Waals surface area contributed by atoms with E-state index < -0.39 is 22.2 Å². The molecular weight excluding hydrogens is 336 g/mol. The molecular formula is C19H24N2O3S. The van der Waals surface area contributed by atoms with Crippen molar-refractivity contribution in [2.45, 2.75) is 49.6 Å². The minimum Gasteiger partial charge on any atom is -0.399 e. The third-order valence-corrected chi connectivity index (χ3v) is 6.11. The lowest BCUT2D eigenvalue weighted by Crippen LogP contribution is -2.39. The molecule has 25 heavy (non-hydrogen) atoms. The van der Waals surface area contributed by atoms with Crippen LogP contribution in [0.4, 0.5) is 5.69 Å². The van der Waals surface area contributed by atoms with Crippen molar-refractivity contribution in [3.05, 3.63) is 59.2 Å². The van der Waals surface area contributed by atoms with Crippen molar-refractivity contribution in [3.8, 4) is 0 Å². The molecule has 2 aromatic rings. The van der Waals surface area contributed by atoms with Crippen LogP contribution in [0.2, 0.25) is 0 Å². The van der Waals surface area contributed by atoms with Gasteiger partial charge in [-0.2, -0.15) is 0 Å². The first-order valence-corrected chi connectivity index (χ1v) is 10.1. The van der Waals surface area contributed by atoms with Crippen LogP contribution in [0.15, 0.2) is 47.4 Å². The summed E-state index contributed by atoms with van der Waals surface area (Å²) in [5.41, 5.74) is 9.29. The number of nitrogens with two attached hydrogens (primary N) is 1. The molecule has 0 unspecified atom stereocenters. The van der Waals surface area contributed by atoms with Gasteiger partial charge in [-0.05, 0) is 60.2 Å². The Labute approximate surface area is 148 Å². The molecule has 0 amide bonds. The van der Waals surface area contributed by atoms with Gasteiger partial charge in [-0.25, -0.2) is 13.1 Å². The van der Waals surface area contributed by atoms with Gasteiger partial charge < -0.3 is 10.8 Å². The first-order chi connectivity index (χ1) is 11.9. The molecule has 0 heterocycles. The molecule has 5 nitrogen and oxygen atoms in total. The lowest BCUT2D eigenvalue weighted by Gasteiger charge is -2.31. The van der Waals surface area contributed by atoms with Crippen molar-refractivity contribution < 1.29 is 13.5 Å². The summed E-state index contributed by atoms with van der Waals surface area (Å²) < 4.78 is 28.2. The predicted octanol–water partition coefficient (Wildman–Crippen LogP) is 2.55. The van der Waals surface area contributed by atoms with Crippen molar-refractivity contribution >= 4 is 15.7 Å². The highest BCUT2D eigenvalue weighted by molar-refractivity contribution is 7.89. The van der Waals surface area contributed by atoms with Crippen molar-refractivity contribution in [2.24, 2.45) is 0 Å². The first kappa shape index (κ1) is 17.9. The fourth-order valence-electron chi connectivity index (χ4n) is 3.31. The molecule has 6 heteroatoms. The van der Waals surface area contributed by atoms with E-state index in [9.17, 15) is 13.5 Å². The van der Waals surface area contributed by atoms with Gasteiger partial charge in [-0.1, -0.05) is 31.5 Å². The van der Waals surface area contributed by atoms with Crippen LogP contribution in [-0.2, 0) is 22.9 Å². The number of anilines is 1. The minimum atomic E-state index is -3.73. The maximum Gasteiger partial charge on any atom is 0.241 e. The van der Waals surface area contributed by atoms with Gasteiger partial charge in [0.05, 0.1) is 17.0 Å². The van der Waals surface area contributed by atoms with Gasteiger partial charge >= 0.3 is 0 Å². The van der Waals surface area contributed by atoms with Gasteiger partial charge in [0, 0.05) is 5.69 Å². The molecule has 2 aromatic carbocycles. The highest BCUT2D eigenvalue weighted by atomic mass is 32.2. The van der Waals surface area contributed by atoms with Gasteiger partial charge in [-0.3, -0.25) is 0 Å². The van der Waals surface area contributed by atoms with Crippen molar-refractivity contribution in [2.75, 3.05) is 5.73 Å². The van der Waals surface area contributed by atoms with Crippen LogP contribution in [-0.4, -0.2) is 19.6 Å². The Morgan fingerprint density at radius 3 is 2.60 bits per heavy atom. The number of rotatable bonds is 5. The molecule has 1 aliphatic rings. The average Bonchev–Trinajstić information content (AvgIpc) is 2.58. The quantitative estimate of drug-likeness (QED) is 0.715. The van der Waals surface area contributed by atoms with E-state index in [-0.39, 0.29) is 4.90 Å². The van der Waals surface area contributed by atoms with E-state index in [1.165, 1.54) is 0 Å². The Kier molecular flexibility index (Phi) is 5.13. The van der Waals surface area contributed by atoms with Gasteiger partial charge in [0.15, 0.2) is 0 Å². The number of nitrogens with one attached hydrogen (secondary N) is 1. The number of hydrogen-bond acceptors (Lipinski definition) is 4. The lowest BCUT2D eigenvalue weighted by molar-refractivity contribution is 0.121. The summed E-state index contributed by atoms with van der Waals surface area (Å²) in [7, 11) is -3.73. The number of aliphatic hydroxyl groups is 1. The summed E-state index contributed by atoms with van der Waals surface area (Å²) in [5, 5.41) is 10.4. The molecule has 2 atom stereocenters. The third-order valence-electron chi connectivity index (χ3n) is 4.65. The summed E-state index contributed by atoms with van der Waals surface area (Å²) in [5.74, 6) is 0. The van der Waals surface area contributed by atoms with E-state index >= 15 is 0 Å². The predicted molar refractivity (Wildman–Crippen MR) is 98.7 cm³/mol. The Bertz CT molecular complexity index is 847. The second kappa shape index (κ2) is 7.15. The van der Waals surface area contributed by atoms with E-state index in [0.29, 0.717) is 18.5 Å². The zero-order valence-electron chi connectivity index (χ0n) is 14.3. The smallest absolute Gasteiger partial charge is 0.241 e. The van der Waals surface area contributed by atoms with E-state index in [0.717, 1.165) is 29.5 Å². The highest BCUT2D eigenvalue weighted by Crippen LogP contribution is 2.32. The summed E-state index contributed by atoms with van der Waals surface area (Å²) in [4.78, 5) is 0.204. The average molecular weight is 360 g/mol. The lowest BCUT2D eigenvalue weighted by atomic mass is 9.86. The molecule has 0 saturated heterocycles. The second-order valence-electron chi connectivity index (χ2n) is 6.56. The fourth-order valence-corrected chi connectivity index (χ4v) is 4.56. The molecule has 4 N–H and O–H groups in total. The molecule has 0 saturated carbocycles. The summed E-state index contributed by atoms with van der Waals surface area (Å²) in [6, 6.07) is 11.7. The van der Waals surface area contributed by atoms with Crippen LogP contribution in [0.25, 0.3) is 0 Å². The fraction of sp³-hybridized carbons (Fsp3) is 0.368. The first-order valence-electron chi connectivity index (χ1n) is 8.58. The molecule has 0 bridgehead atoms. The Hall–Kier alpha value is -1.89. The van der Waals surface area contributed by atoms with Crippen LogP contribution < -0.4 is 10.5 Å². The second-order valence-corrected chi connectivity index (χ2v) is 8.27. The Morgan fingerprint density at radius 1 is 1.20 bits per heavy atom. The van der Waals surface area contributed by atoms with Crippen molar-refractivity contribution in [1.82, 2.24) is 4.72 Å². The van der Waals surface area contributed by atoms with E-state index in [1.54, 1.807) is 24.3 Å². The molecule has 0 aliphatic heterocycles. The van der Waals surface area contributed by atoms with Crippen LogP contribution in [0.1, 0.15) is 42.5 Å². The molecule has 0 fully saturated rings. The minimum absolute atomic E-state index is 0.204. The van der Waals surface area contributed by atoms with E-state index in [4.69, 9.17) is 5.73 Å². The maximum atomic E-state index is 12.8. The van der Waals surface area contributed by atoms with E-state index in [1.807, 2.05) is 18.2 Å². The van der Waals surface area contributed by atoms with Gasteiger partial charge in [0.2, 0.25) is 10.0 Å². The number of aliphatic hydroxyl groups excluding tert-OH is 1. The third kappa shape index (κ3) is 3.86. The molecule has 0 spiro atoms. The van der Waals surface area contributed by atoms with Crippen molar-refractivity contribution in [3.63, 3.8) is 0 Å². The Morgan fingerprint density at radius 2 is 1.92 bits per heavy atom. The molecule has 3 rings (SSSR count). The normalized spacial score (nSPS) is 20.2. The zero-order valence-corrected chi connectivity index (χ0v) is 15.1. The standard InChI is InChI=1S/C19H24N2O3S/c1-2-3-13-4-9-16(10-5-13)25(23,24)21-19-17-12-15(20)8-6-14(17)7-11-18(19)22/h4-6,8-10,12,18-19,21-22H,2-3,7,11,20H2,1H3/t18-,19-/m1/s1. The zero-order chi connectivity index (χ0) is 18.0. The number of benzene rings is 2. The summed E-state index contributed by atoms with van der Waals surface area (Å²) in [6.07, 6.45) is 2.38. The van der Waals surface area contributed by atoms with Crippen LogP contribution in [0.3, 0.4) is 0 Å².